The number of rotatable bonds is 10. The summed E-state index contributed by atoms with van der Waals surface area (Å²) in [6.45, 7) is 11.6. The van der Waals surface area contributed by atoms with Gasteiger partial charge in [-0.2, -0.15) is 21.7 Å². The van der Waals surface area contributed by atoms with Crippen LogP contribution < -0.4 is 5.32 Å². The molecule has 0 atom stereocenters. The van der Waals surface area contributed by atoms with E-state index in [1.54, 1.807) is 11.8 Å². The van der Waals surface area contributed by atoms with Crippen molar-refractivity contribution < 1.29 is 23.0 Å². The van der Waals surface area contributed by atoms with Gasteiger partial charge in [-0.1, -0.05) is 32.4 Å². The zero-order chi connectivity index (χ0) is 25.4. The maximum Gasteiger partial charge on any atom is 0.232 e. The predicted molar refractivity (Wildman–Crippen MR) is 138 cm³/mol. The van der Waals surface area contributed by atoms with Crippen LogP contribution in [0, 0.1) is 5.41 Å². The smallest absolute Gasteiger partial charge is 0.232 e. The van der Waals surface area contributed by atoms with E-state index in [-0.39, 0.29) is 11.9 Å². The topological polar surface area (TPSA) is 87.5 Å². The maximum atomic E-state index is 12.2. The van der Waals surface area contributed by atoms with Gasteiger partial charge in [0.25, 0.3) is 0 Å². The lowest BCUT2D eigenvalue weighted by Crippen LogP contribution is -2.28. The Balaban J connectivity index is 0.00000189. The molecular formula is C21H37ClFN4O4PS. The van der Waals surface area contributed by atoms with Crippen molar-refractivity contribution in [3.05, 3.63) is 17.4 Å². The average Bonchev–Trinajstić information content (AvgIpc) is 3.16. The van der Waals surface area contributed by atoms with Gasteiger partial charge in [0.1, 0.15) is 17.1 Å². The molecule has 0 fully saturated rings. The van der Waals surface area contributed by atoms with E-state index in [0.717, 1.165) is 5.39 Å². The zero-order valence-electron chi connectivity index (χ0n) is 20.8. The highest BCUT2D eigenvalue weighted by Crippen LogP contribution is 2.37. The predicted octanol–water partition coefficient (Wildman–Crippen LogP) is 5.99. The van der Waals surface area contributed by atoms with Crippen molar-refractivity contribution in [3.63, 3.8) is 0 Å². The molecule has 2 aromatic heterocycles. The number of thioether (sulfide) groups is 1. The van der Waals surface area contributed by atoms with Crippen molar-refractivity contribution in [1.82, 2.24) is 14.5 Å². The third-order valence-electron chi connectivity index (χ3n) is 3.70. The zero-order valence-corrected chi connectivity index (χ0v) is 23.2. The molecular weight excluding hydrogens is 490 g/mol. The molecule has 0 saturated carbocycles. The first kappa shape index (κ1) is 32.0. The number of carbonyl (C=O) groups is 1. The van der Waals surface area contributed by atoms with Gasteiger partial charge in [0.15, 0.2) is 8.38 Å². The van der Waals surface area contributed by atoms with Crippen LogP contribution in [-0.4, -0.2) is 66.3 Å². The highest BCUT2D eigenvalue weighted by molar-refractivity contribution is 7.97. The molecule has 0 aromatic carbocycles. The number of fused-ring (bicyclic) bond motifs is 1. The summed E-state index contributed by atoms with van der Waals surface area (Å²) in [5.41, 5.74) is 0.0878. The third-order valence-corrected chi connectivity index (χ3v) is 5.47. The quantitative estimate of drug-likeness (QED) is 0.231. The van der Waals surface area contributed by atoms with Gasteiger partial charge in [-0.25, -0.2) is 0 Å². The van der Waals surface area contributed by atoms with Crippen LogP contribution in [0.25, 0.3) is 11.0 Å². The van der Waals surface area contributed by atoms with Crippen molar-refractivity contribution in [2.24, 2.45) is 5.41 Å². The number of hydrogen-bond acceptors (Lipinski definition) is 7. The number of carbonyl (C=O) groups excluding carboxylic acids is 1. The second-order valence-corrected chi connectivity index (χ2v) is 10.0. The van der Waals surface area contributed by atoms with Crippen LogP contribution in [0.1, 0.15) is 34.6 Å². The Kier molecular flexibility index (Phi) is 16.9. The number of amides is 1. The molecule has 2 rings (SSSR count). The average molecular weight is 527 g/mol. The summed E-state index contributed by atoms with van der Waals surface area (Å²) < 4.78 is 28.2. The van der Waals surface area contributed by atoms with E-state index in [2.05, 4.69) is 15.3 Å². The summed E-state index contributed by atoms with van der Waals surface area (Å²) in [6.07, 6.45) is 6.37. The Morgan fingerprint density at radius 1 is 1.21 bits per heavy atom. The van der Waals surface area contributed by atoms with Gasteiger partial charge in [0, 0.05) is 18.2 Å². The number of alkyl halides is 1. The van der Waals surface area contributed by atoms with Crippen LogP contribution in [0.5, 0.6) is 0 Å². The molecule has 0 aliphatic carbocycles. The molecule has 0 bridgehead atoms. The Morgan fingerprint density at radius 3 is 2.30 bits per heavy atom. The molecule has 0 saturated heterocycles. The molecule has 33 heavy (non-hydrogen) atoms. The summed E-state index contributed by atoms with van der Waals surface area (Å²) in [6, 6.07) is 1.85. The largest absolute Gasteiger partial charge is 0.370 e. The highest BCUT2D eigenvalue weighted by Gasteiger charge is 2.23. The number of nitrogens with zero attached hydrogens (tertiary/aromatic N) is 3. The molecule has 8 nitrogen and oxygen atoms in total. The third kappa shape index (κ3) is 11.8. The second kappa shape index (κ2) is 17.4. The van der Waals surface area contributed by atoms with E-state index in [1.165, 1.54) is 0 Å². The molecule has 190 valence electrons. The molecule has 2 heterocycles. The number of anilines is 1. The van der Waals surface area contributed by atoms with Crippen molar-refractivity contribution in [2.75, 3.05) is 51.2 Å². The molecule has 0 aliphatic heterocycles. The normalized spacial score (nSPS) is 11.0. The van der Waals surface area contributed by atoms with Crippen molar-refractivity contribution in [2.45, 2.75) is 41.2 Å². The SMILES string of the molecule is CCOP(COCCn1ccc2c(Cl)nc(NC(=O)C(C)(C)C)nc21)OCC.CF.CSC. The van der Waals surface area contributed by atoms with Gasteiger partial charge in [-0.15, -0.1) is 0 Å². The van der Waals surface area contributed by atoms with E-state index in [0.29, 0.717) is 50.7 Å². The van der Waals surface area contributed by atoms with Crippen LogP contribution in [0.15, 0.2) is 12.3 Å². The molecule has 1 amide bonds. The van der Waals surface area contributed by atoms with Crippen molar-refractivity contribution >= 4 is 54.6 Å². The number of halogens is 2. The fraction of sp³-hybridized carbons (Fsp3) is 0.667. The molecule has 0 unspecified atom stereocenters. The van der Waals surface area contributed by atoms with Crippen molar-refractivity contribution in [1.29, 1.82) is 0 Å². The van der Waals surface area contributed by atoms with E-state index in [4.69, 9.17) is 25.4 Å². The lowest BCUT2D eigenvalue weighted by molar-refractivity contribution is -0.123. The fourth-order valence-corrected chi connectivity index (χ4v) is 3.56. The van der Waals surface area contributed by atoms with E-state index in [1.807, 2.05) is 64.0 Å². The first-order valence-corrected chi connectivity index (χ1v) is 13.8. The van der Waals surface area contributed by atoms with Crippen LogP contribution in [0.3, 0.4) is 0 Å². The maximum absolute atomic E-state index is 12.2. The van der Waals surface area contributed by atoms with Crippen LogP contribution >= 0.6 is 31.7 Å². The Labute approximate surface area is 207 Å². The van der Waals surface area contributed by atoms with Crippen LogP contribution in [-0.2, 0) is 25.1 Å². The number of nitrogens with one attached hydrogen (secondary N) is 1. The summed E-state index contributed by atoms with van der Waals surface area (Å²) >= 11 is 8.02. The van der Waals surface area contributed by atoms with Gasteiger partial charge < -0.3 is 18.4 Å². The number of aromatic nitrogens is 3. The van der Waals surface area contributed by atoms with Gasteiger partial charge >= 0.3 is 0 Å². The summed E-state index contributed by atoms with van der Waals surface area (Å²) in [5.74, 6) is 0.0130. The first-order valence-electron chi connectivity index (χ1n) is 10.4. The van der Waals surface area contributed by atoms with E-state index in [9.17, 15) is 9.18 Å². The summed E-state index contributed by atoms with van der Waals surface area (Å²) in [4.78, 5) is 20.8. The lowest BCUT2D eigenvalue weighted by atomic mass is 9.96. The minimum absolute atomic E-state index is 0.176. The minimum Gasteiger partial charge on any atom is -0.370 e. The first-order chi connectivity index (χ1) is 15.7. The molecule has 0 aliphatic rings. The van der Waals surface area contributed by atoms with Gasteiger partial charge in [0.2, 0.25) is 11.9 Å². The standard InChI is InChI=1S/C18H28ClN4O4P.C2H6S.CH3F/c1-6-26-28(27-7-2)12-25-11-10-23-9-8-13-14(19)20-17(21-15(13)23)22-16(24)18(3,4)5;1-3-2;1-2/h8-9H,6-7,10-12H2,1-5H3,(H,20,21,22,24);1-2H3;1H3. The van der Waals surface area contributed by atoms with Crippen LogP contribution in [0.4, 0.5) is 10.3 Å². The molecule has 0 radical (unpaired) electrons. The van der Waals surface area contributed by atoms with Gasteiger partial charge in [-0.05, 0) is 32.4 Å². The fourth-order valence-electron chi connectivity index (χ4n) is 2.26. The van der Waals surface area contributed by atoms with Crippen molar-refractivity contribution in [3.8, 4) is 0 Å². The Bertz CT molecular complexity index is 817. The molecule has 0 spiro atoms. The lowest BCUT2D eigenvalue weighted by Gasteiger charge is -2.17. The van der Waals surface area contributed by atoms with Crippen LogP contribution in [0.2, 0.25) is 5.15 Å². The Hall–Kier alpha value is -1.03. The number of hydrogen-bond donors (Lipinski definition) is 1. The van der Waals surface area contributed by atoms with E-state index < -0.39 is 13.8 Å². The Morgan fingerprint density at radius 2 is 1.79 bits per heavy atom. The molecule has 2 aromatic rings. The molecule has 1 N–H and O–H groups in total. The number of ether oxygens (including phenoxy) is 1. The molecule has 12 heteroatoms. The highest BCUT2D eigenvalue weighted by atomic mass is 35.5. The summed E-state index contributed by atoms with van der Waals surface area (Å²) in [7, 11) is -0.522. The van der Waals surface area contributed by atoms with Gasteiger partial charge in [-0.3, -0.25) is 14.5 Å². The van der Waals surface area contributed by atoms with E-state index >= 15 is 0 Å². The second-order valence-electron chi connectivity index (χ2n) is 7.40. The van der Waals surface area contributed by atoms with Gasteiger partial charge in [0.05, 0.1) is 32.4 Å². The monoisotopic (exact) mass is 526 g/mol. The minimum atomic E-state index is -1.02. The summed E-state index contributed by atoms with van der Waals surface area (Å²) in [5, 5.41) is 3.74.